The van der Waals surface area contributed by atoms with Crippen molar-refractivity contribution < 1.29 is 20.1 Å². The van der Waals surface area contributed by atoms with Crippen LogP contribution in [0.1, 0.15) is 24.2 Å². The molecular weight excluding hydrogens is 320 g/mol. The summed E-state index contributed by atoms with van der Waals surface area (Å²) in [6, 6.07) is 9.87. The zero-order valence-corrected chi connectivity index (χ0v) is 14.5. The number of aryl methyl sites for hydroxylation is 1. The predicted octanol–water partition coefficient (Wildman–Crippen LogP) is 2.31. The summed E-state index contributed by atoms with van der Waals surface area (Å²) in [4.78, 5) is 15.2. The highest BCUT2D eigenvalue weighted by atomic mass is 16.4. The lowest BCUT2D eigenvalue weighted by molar-refractivity contribution is -0.139. The van der Waals surface area contributed by atoms with Crippen LogP contribution in [0, 0.1) is 13.8 Å². The van der Waals surface area contributed by atoms with E-state index < -0.39 is 18.2 Å². The second-order valence-electron chi connectivity index (χ2n) is 6.07. The first-order valence-electron chi connectivity index (χ1n) is 8.22. The number of hydrogen-bond acceptors (Lipinski definition) is 4. The highest BCUT2D eigenvalue weighted by molar-refractivity contribution is 5.67. The van der Waals surface area contributed by atoms with Crippen molar-refractivity contribution in [2.45, 2.75) is 45.4 Å². The molecule has 1 aromatic heterocycles. The van der Waals surface area contributed by atoms with E-state index in [1.807, 2.05) is 44.2 Å². The van der Waals surface area contributed by atoms with E-state index >= 15 is 0 Å². The van der Waals surface area contributed by atoms with Crippen molar-refractivity contribution in [3.8, 4) is 11.4 Å². The Morgan fingerprint density at radius 1 is 1.24 bits per heavy atom. The molecule has 0 fully saturated rings. The van der Waals surface area contributed by atoms with Gasteiger partial charge in [0.15, 0.2) is 0 Å². The van der Waals surface area contributed by atoms with Gasteiger partial charge in [-0.1, -0.05) is 42.5 Å². The molecule has 2 rings (SSSR count). The van der Waals surface area contributed by atoms with Gasteiger partial charge in [0.2, 0.25) is 0 Å². The summed E-state index contributed by atoms with van der Waals surface area (Å²) >= 11 is 0. The SMILES string of the molecule is Cc1nc(-c2ccccc2)n(C/C=C/C(O)CC(O)CC(=O)O)c1C. The van der Waals surface area contributed by atoms with Crippen molar-refractivity contribution in [2.24, 2.45) is 0 Å². The topological polar surface area (TPSA) is 95.6 Å². The number of aliphatic hydroxyl groups excluding tert-OH is 2. The number of carboxylic acid groups (broad SMARTS) is 1. The Morgan fingerprint density at radius 3 is 2.56 bits per heavy atom. The van der Waals surface area contributed by atoms with Gasteiger partial charge in [0, 0.05) is 24.2 Å². The Bertz CT molecular complexity index is 737. The van der Waals surface area contributed by atoms with E-state index in [1.165, 1.54) is 0 Å². The highest BCUT2D eigenvalue weighted by Crippen LogP contribution is 2.22. The number of carbonyl (C=O) groups is 1. The quantitative estimate of drug-likeness (QED) is 0.639. The smallest absolute Gasteiger partial charge is 0.305 e. The monoisotopic (exact) mass is 344 g/mol. The van der Waals surface area contributed by atoms with Crippen LogP contribution in [0.25, 0.3) is 11.4 Å². The standard InChI is InChI=1S/C19H24N2O4/c1-13-14(2)21(19(20-13)15-7-4-3-5-8-15)10-6-9-16(22)11-17(23)12-18(24)25/h3-9,16-17,22-23H,10-12H2,1-2H3,(H,24,25)/b9-6+. The van der Waals surface area contributed by atoms with Crippen LogP contribution in [0.3, 0.4) is 0 Å². The third-order valence-corrected chi connectivity index (χ3v) is 4.06. The van der Waals surface area contributed by atoms with Gasteiger partial charge < -0.3 is 19.9 Å². The van der Waals surface area contributed by atoms with Gasteiger partial charge in [0.05, 0.1) is 24.3 Å². The minimum absolute atomic E-state index is 0.00369. The molecule has 6 nitrogen and oxygen atoms in total. The molecule has 0 aliphatic rings. The van der Waals surface area contributed by atoms with Gasteiger partial charge in [0.1, 0.15) is 5.82 Å². The molecule has 3 N–H and O–H groups in total. The zero-order valence-electron chi connectivity index (χ0n) is 14.5. The molecule has 0 aliphatic carbocycles. The Labute approximate surface area is 147 Å². The maximum Gasteiger partial charge on any atom is 0.305 e. The second kappa shape index (κ2) is 8.60. The molecule has 25 heavy (non-hydrogen) atoms. The van der Waals surface area contributed by atoms with E-state index in [0.29, 0.717) is 6.54 Å². The number of nitrogens with zero attached hydrogens (tertiary/aromatic N) is 2. The normalized spacial score (nSPS) is 13.9. The minimum atomic E-state index is -1.08. The van der Waals surface area contributed by atoms with Gasteiger partial charge in [-0.25, -0.2) is 4.98 Å². The average Bonchev–Trinajstić information content (AvgIpc) is 2.83. The number of imidazole rings is 1. The van der Waals surface area contributed by atoms with Crippen LogP contribution in [-0.2, 0) is 11.3 Å². The van der Waals surface area contributed by atoms with E-state index in [0.717, 1.165) is 22.8 Å². The molecule has 0 radical (unpaired) electrons. The molecule has 1 aromatic carbocycles. The van der Waals surface area contributed by atoms with Gasteiger partial charge in [-0.2, -0.15) is 0 Å². The van der Waals surface area contributed by atoms with Crippen LogP contribution in [0.5, 0.6) is 0 Å². The first kappa shape index (κ1) is 18.9. The molecule has 2 atom stereocenters. The number of allylic oxidation sites excluding steroid dienone is 1. The molecular formula is C19H24N2O4. The summed E-state index contributed by atoms with van der Waals surface area (Å²) in [5.74, 6) is -0.221. The molecule has 0 bridgehead atoms. The van der Waals surface area contributed by atoms with Crippen LogP contribution in [0.15, 0.2) is 42.5 Å². The summed E-state index contributed by atoms with van der Waals surface area (Å²) in [6.07, 6.45) is 1.06. The summed E-state index contributed by atoms with van der Waals surface area (Å²) in [5.41, 5.74) is 3.01. The Balaban J connectivity index is 2.06. The van der Waals surface area contributed by atoms with Crippen LogP contribution in [0.4, 0.5) is 0 Å². The van der Waals surface area contributed by atoms with Gasteiger partial charge in [-0.05, 0) is 13.8 Å². The summed E-state index contributed by atoms with van der Waals surface area (Å²) in [6.45, 7) is 4.48. The molecule has 1 heterocycles. The predicted molar refractivity (Wildman–Crippen MR) is 95.2 cm³/mol. The number of carboxylic acids is 1. The number of hydrogen-bond donors (Lipinski definition) is 3. The Morgan fingerprint density at radius 2 is 1.92 bits per heavy atom. The Kier molecular flexibility index (Phi) is 6.50. The largest absolute Gasteiger partial charge is 0.481 e. The number of aromatic nitrogens is 2. The van der Waals surface area contributed by atoms with Gasteiger partial charge >= 0.3 is 5.97 Å². The van der Waals surface area contributed by atoms with Crippen molar-refractivity contribution in [1.29, 1.82) is 0 Å². The van der Waals surface area contributed by atoms with Crippen LogP contribution < -0.4 is 0 Å². The maximum atomic E-state index is 10.5. The molecule has 0 saturated heterocycles. The lowest BCUT2D eigenvalue weighted by Gasteiger charge is -2.11. The second-order valence-corrected chi connectivity index (χ2v) is 6.07. The van der Waals surface area contributed by atoms with E-state index in [9.17, 15) is 15.0 Å². The van der Waals surface area contributed by atoms with E-state index in [2.05, 4.69) is 9.55 Å². The zero-order chi connectivity index (χ0) is 18.4. The molecule has 6 heteroatoms. The van der Waals surface area contributed by atoms with Gasteiger partial charge in [0.25, 0.3) is 0 Å². The molecule has 2 aromatic rings. The number of benzene rings is 1. The van der Waals surface area contributed by atoms with E-state index in [-0.39, 0.29) is 12.8 Å². The number of rotatable bonds is 8. The van der Waals surface area contributed by atoms with E-state index in [4.69, 9.17) is 5.11 Å². The van der Waals surface area contributed by atoms with Crippen molar-refractivity contribution >= 4 is 5.97 Å². The Hall–Kier alpha value is -2.44. The lowest BCUT2D eigenvalue weighted by Crippen LogP contribution is -2.19. The van der Waals surface area contributed by atoms with Crippen molar-refractivity contribution in [1.82, 2.24) is 9.55 Å². The number of aliphatic hydroxyl groups is 2. The maximum absolute atomic E-state index is 10.5. The fourth-order valence-corrected chi connectivity index (χ4v) is 2.65. The van der Waals surface area contributed by atoms with Crippen LogP contribution >= 0.6 is 0 Å². The summed E-state index contributed by atoms with van der Waals surface area (Å²) in [7, 11) is 0. The van der Waals surface area contributed by atoms with Crippen LogP contribution in [-0.4, -0.2) is 43.0 Å². The summed E-state index contributed by atoms with van der Waals surface area (Å²) < 4.78 is 2.06. The summed E-state index contributed by atoms with van der Waals surface area (Å²) in [5, 5.41) is 28.1. The third-order valence-electron chi connectivity index (χ3n) is 4.06. The molecule has 0 amide bonds. The number of aliphatic carboxylic acids is 1. The van der Waals surface area contributed by atoms with Crippen molar-refractivity contribution in [3.63, 3.8) is 0 Å². The van der Waals surface area contributed by atoms with Crippen molar-refractivity contribution in [3.05, 3.63) is 53.9 Å². The highest BCUT2D eigenvalue weighted by Gasteiger charge is 2.14. The first-order valence-corrected chi connectivity index (χ1v) is 8.22. The fraction of sp³-hybridized carbons (Fsp3) is 0.368. The molecule has 2 unspecified atom stereocenters. The molecule has 0 aliphatic heterocycles. The average molecular weight is 344 g/mol. The first-order chi connectivity index (χ1) is 11.9. The molecule has 0 spiro atoms. The van der Waals surface area contributed by atoms with Gasteiger partial charge in [-0.15, -0.1) is 0 Å². The van der Waals surface area contributed by atoms with Gasteiger partial charge in [-0.3, -0.25) is 4.79 Å². The van der Waals surface area contributed by atoms with Crippen LogP contribution in [0.2, 0.25) is 0 Å². The lowest BCUT2D eigenvalue weighted by atomic mass is 10.1. The minimum Gasteiger partial charge on any atom is -0.481 e. The van der Waals surface area contributed by atoms with Crippen molar-refractivity contribution in [2.75, 3.05) is 0 Å². The fourth-order valence-electron chi connectivity index (χ4n) is 2.65. The molecule has 0 saturated carbocycles. The van der Waals surface area contributed by atoms with E-state index in [1.54, 1.807) is 12.2 Å². The third kappa shape index (κ3) is 5.27. The molecule has 134 valence electrons.